The van der Waals surface area contributed by atoms with Crippen molar-refractivity contribution in [2.24, 2.45) is 0 Å². The highest BCUT2D eigenvalue weighted by molar-refractivity contribution is 5.79. The number of rotatable bonds is 6. The molecule has 3 N–H and O–H groups in total. The summed E-state index contributed by atoms with van der Waals surface area (Å²) in [5.74, 6) is 0. The Morgan fingerprint density at radius 1 is 1.18 bits per heavy atom. The number of aromatic nitrogens is 1. The highest BCUT2D eigenvalue weighted by atomic mass is 15.0. The molecule has 0 saturated heterocycles. The van der Waals surface area contributed by atoms with E-state index < -0.39 is 0 Å². The third-order valence-electron chi connectivity index (χ3n) is 3.26. The second kappa shape index (κ2) is 4.90. The van der Waals surface area contributed by atoms with Crippen LogP contribution < -0.4 is 10.6 Å². The fraction of sp³-hybridized carbons (Fsp3) is 0.429. The van der Waals surface area contributed by atoms with Gasteiger partial charge in [-0.25, -0.2) is 0 Å². The van der Waals surface area contributed by atoms with Crippen LogP contribution in [0.5, 0.6) is 0 Å². The largest absolute Gasteiger partial charge is 0.361 e. The molecule has 1 saturated carbocycles. The van der Waals surface area contributed by atoms with E-state index in [0.717, 1.165) is 25.7 Å². The molecule has 1 aliphatic carbocycles. The fourth-order valence-corrected chi connectivity index (χ4v) is 2.10. The second-order valence-corrected chi connectivity index (χ2v) is 4.80. The van der Waals surface area contributed by atoms with E-state index in [4.69, 9.17) is 0 Å². The molecular formula is C14H19N3. The number of fused-ring (bicyclic) bond motifs is 1. The predicted octanol–water partition coefficient (Wildman–Crippen LogP) is 2.01. The lowest BCUT2D eigenvalue weighted by molar-refractivity contribution is 0.609. The van der Waals surface area contributed by atoms with Gasteiger partial charge in [-0.05, 0) is 42.0 Å². The van der Waals surface area contributed by atoms with Crippen LogP contribution in [-0.2, 0) is 6.54 Å². The minimum Gasteiger partial charge on any atom is -0.361 e. The molecule has 0 atom stereocenters. The van der Waals surface area contributed by atoms with E-state index in [-0.39, 0.29) is 0 Å². The molecule has 0 radical (unpaired) electrons. The maximum atomic E-state index is 3.50. The summed E-state index contributed by atoms with van der Waals surface area (Å²) in [7, 11) is 0. The van der Waals surface area contributed by atoms with Crippen LogP contribution in [0, 0.1) is 0 Å². The van der Waals surface area contributed by atoms with Gasteiger partial charge in [0.15, 0.2) is 0 Å². The molecule has 0 aliphatic heterocycles. The van der Waals surface area contributed by atoms with Gasteiger partial charge in [-0.1, -0.05) is 6.07 Å². The first-order chi connectivity index (χ1) is 8.42. The number of hydrogen-bond donors (Lipinski definition) is 3. The van der Waals surface area contributed by atoms with Crippen molar-refractivity contribution in [1.29, 1.82) is 0 Å². The van der Waals surface area contributed by atoms with Gasteiger partial charge >= 0.3 is 0 Å². The van der Waals surface area contributed by atoms with Crippen LogP contribution in [0.2, 0.25) is 0 Å². The summed E-state index contributed by atoms with van der Waals surface area (Å²) in [5, 5.41) is 8.26. The minimum atomic E-state index is 0.813. The normalized spacial score (nSPS) is 15.5. The third-order valence-corrected chi connectivity index (χ3v) is 3.26. The summed E-state index contributed by atoms with van der Waals surface area (Å²) >= 11 is 0. The van der Waals surface area contributed by atoms with E-state index >= 15 is 0 Å². The molecule has 3 nitrogen and oxygen atoms in total. The highest BCUT2D eigenvalue weighted by Gasteiger charge is 2.19. The first kappa shape index (κ1) is 10.8. The number of hydrogen-bond acceptors (Lipinski definition) is 2. The summed E-state index contributed by atoms with van der Waals surface area (Å²) in [6.07, 6.45) is 4.72. The van der Waals surface area contributed by atoms with Gasteiger partial charge < -0.3 is 15.6 Å². The van der Waals surface area contributed by atoms with Crippen LogP contribution in [-0.4, -0.2) is 24.1 Å². The first-order valence-corrected chi connectivity index (χ1v) is 6.42. The molecule has 0 amide bonds. The van der Waals surface area contributed by atoms with Crippen LogP contribution in [0.15, 0.2) is 30.5 Å². The van der Waals surface area contributed by atoms with Gasteiger partial charge in [-0.2, -0.15) is 0 Å². The molecule has 1 aliphatic rings. The fourth-order valence-electron chi connectivity index (χ4n) is 2.10. The highest BCUT2D eigenvalue weighted by Crippen LogP contribution is 2.17. The summed E-state index contributed by atoms with van der Waals surface area (Å²) in [5.41, 5.74) is 2.56. The second-order valence-electron chi connectivity index (χ2n) is 4.80. The average Bonchev–Trinajstić information content (AvgIpc) is 3.05. The smallest absolute Gasteiger partial charge is 0.0454 e. The van der Waals surface area contributed by atoms with Crippen molar-refractivity contribution in [2.75, 3.05) is 13.1 Å². The molecular weight excluding hydrogens is 210 g/mol. The van der Waals surface area contributed by atoms with E-state index in [1.54, 1.807) is 0 Å². The molecule has 0 spiro atoms. The molecule has 3 heteroatoms. The Morgan fingerprint density at radius 3 is 3.00 bits per heavy atom. The van der Waals surface area contributed by atoms with Gasteiger partial charge in [-0.3, -0.25) is 0 Å². The number of H-pyrrole nitrogens is 1. The van der Waals surface area contributed by atoms with E-state index in [2.05, 4.69) is 39.9 Å². The van der Waals surface area contributed by atoms with E-state index in [9.17, 15) is 0 Å². The van der Waals surface area contributed by atoms with Crippen LogP contribution in [0.25, 0.3) is 10.9 Å². The SMILES string of the molecule is c1cc2cc(CNCCNC3CC3)ccc2[nH]1. The Bertz CT molecular complexity index is 485. The van der Waals surface area contributed by atoms with E-state index in [1.807, 2.05) is 6.20 Å². The lowest BCUT2D eigenvalue weighted by Crippen LogP contribution is -2.28. The lowest BCUT2D eigenvalue weighted by atomic mass is 10.1. The topological polar surface area (TPSA) is 39.8 Å². The zero-order chi connectivity index (χ0) is 11.5. The predicted molar refractivity (Wildman–Crippen MR) is 71.0 cm³/mol. The van der Waals surface area contributed by atoms with Crippen molar-refractivity contribution in [3.05, 3.63) is 36.0 Å². The standard InChI is InChI=1S/C14H19N3/c1-4-14-12(5-6-17-14)9-11(1)10-15-7-8-16-13-2-3-13/h1,4-6,9,13,15-17H,2-3,7-8,10H2. The zero-order valence-corrected chi connectivity index (χ0v) is 10.00. The maximum absolute atomic E-state index is 3.50. The molecule has 1 fully saturated rings. The van der Waals surface area contributed by atoms with Crippen molar-refractivity contribution >= 4 is 10.9 Å². The Balaban J connectivity index is 1.46. The third kappa shape index (κ3) is 2.87. The number of benzene rings is 1. The summed E-state index contributed by atoms with van der Waals surface area (Å²) in [6.45, 7) is 3.08. The maximum Gasteiger partial charge on any atom is 0.0454 e. The van der Waals surface area contributed by atoms with Crippen LogP contribution in [0.3, 0.4) is 0 Å². The van der Waals surface area contributed by atoms with E-state index in [1.165, 1.54) is 29.3 Å². The minimum absolute atomic E-state index is 0.813. The van der Waals surface area contributed by atoms with Crippen molar-refractivity contribution in [3.8, 4) is 0 Å². The molecule has 1 heterocycles. The van der Waals surface area contributed by atoms with Gasteiger partial charge in [-0.15, -0.1) is 0 Å². The number of aromatic amines is 1. The molecule has 17 heavy (non-hydrogen) atoms. The van der Waals surface area contributed by atoms with Crippen molar-refractivity contribution < 1.29 is 0 Å². The first-order valence-electron chi connectivity index (χ1n) is 6.42. The monoisotopic (exact) mass is 229 g/mol. The van der Waals surface area contributed by atoms with Crippen molar-refractivity contribution in [1.82, 2.24) is 15.6 Å². The molecule has 1 aromatic heterocycles. The Labute approximate surface area is 102 Å². The molecule has 90 valence electrons. The molecule has 1 aromatic carbocycles. The summed E-state index contributed by atoms with van der Waals surface area (Å²) in [6, 6.07) is 9.50. The van der Waals surface area contributed by atoms with Crippen molar-refractivity contribution in [2.45, 2.75) is 25.4 Å². The quantitative estimate of drug-likeness (QED) is 0.663. The molecule has 3 rings (SSSR count). The zero-order valence-electron chi connectivity index (χ0n) is 10.00. The summed E-state index contributed by atoms with van der Waals surface area (Å²) in [4.78, 5) is 3.21. The Kier molecular flexibility index (Phi) is 3.12. The van der Waals surface area contributed by atoms with Gasteiger partial charge in [0.2, 0.25) is 0 Å². The van der Waals surface area contributed by atoms with Gasteiger partial charge in [0.25, 0.3) is 0 Å². The average molecular weight is 229 g/mol. The lowest BCUT2D eigenvalue weighted by Gasteiger charge is -2.06. The number of nitrogens with one attached hydrogen (secondary N) is 3. The molecule has 0 unspecified atom stereocenters. The Hall–Kier alpha value is -1.32. The van der Waals surface area contributed by atoms with Gasteiger partial charge in [0.1, 0.15) is 0 Å². The van der Waals surface area contributed by atoms with Crippen LogP contribution >= 0.6 is 0 Å². The van der Waals surface area contributed by atoms with Crippen LogP contribution in [0.4, 0.5) is 0 Å². The van der Waals surface area contributed by atoms with E-state index in [0.29, 0.717) is 0 Å². The molecule has 2 aromatic rings. The van der Waals surface area contributed by atoms with Gasteiger partial charge in [0, 0.05) is 37.4 Å². The summed E-state index contributed by atoms with van der Waals surface area (Å²) < 4.78 is 0. The Morgan fingerprint density at radius 2 is 2.12 bits per heavy atom. The molecule has 0 bridgehead atoms. The van der Waals surface area contributed by atoms with Crippen LogP contribution in [0.1, 0.15) is 18.4 Å². The van der Waals surface area contributed by atoms with Gasteiger partial charge in [0.05, 0.1) is 0 Å². The van der Waals surface area contributed by atoms with Crippen molar-refractivity contribution in [3.63, 3.8) is 0 Å².